The number of likely N-dealkylation sites (tertiary alicyclic amines) is 1. The van der Waals surface area contributed by atoms with Crippen LogP contribution in [0.5, 0.6) is 0 Å². The molecule has 1 aromatic rings. The number of aromatic nitrogens is 2. The minimum absolute atomic E-state index is 0.0634. The first-order valence-corrected chi connectivity index (χ1v) is 7.17. The molecule has 0 radical (unpaired) electrons. The zero-order chi connectivity index (χ0) is 15.4. The molecule has 0 spiro atoms. The third kappa shape index (κ3) is 3.71. The first-order chi connectivity index (χ1) is 10.0. The monoisotopic (exact) mass is 295 g/mol. The smallest absolute Gasteiger partial charge is 0.315 e. The minimum atomic E-state index is -0.275. The van der Waals surface area contributed by atoms with Crippen molar-refractivity contribution >= 4 is 11.9 Å². The van der Waals surface area contributed by atoms with Crippen LogP contribution < -0.4 is 10.6 Å². The number of nitrogens with one attached hydrogen (secondary N) is 2. The van der Waals surface area contributed by atoms with Crippen LogP contribution in [0, 0.1) is 0 Å². The van der Waals surface area contributed by atoms with Gasteiger partial charge in [-0.1, -0.05) is 5.16 Å². The van der Waals surface area contributed by atoms with E-state index in [4.69, 9.17) is 4.52 Å². The Balaban J connectivity index is 1.92. The van der Waals surface area contributed by atoms with Crippen molar-refractivity contribution in [2.24, 2.45) is 0 Å². The lowest BCUT2D eigenvalue weighted by Crippen LogP contribution is -2.39. The molecule has 2 N–H and O–H groups in total. The van der Waals surface area contributed by atoms with Crippen molar-refractivity contribution in [1.82, 2.24) is 25.7 Å². The summed E-state index contributed by atoms with van der Waals surface area (Å²) in [5.74, 6) is 0.944. The molecule has 1 aliphatic heterocycles. The second kappa shape index (κ2) is 6.55. The molecule has 2 heterocycles. The molecule has 1 fully saturated rings. The lowest BCUT2D eigenvalue weighted by molar-refractivity contribution is -0.129. The van der Waals surface area contributed by atoms with E-state index in [1.165, 1.54) is 0 Å². The lowest BCUT2D eigenvalue weighted by Gasteiger charge is -2.19. The minimum Gasteiger partial charge on any atom is -0.337 e. The van der Waals surface area contributed by atoms with E-state index in [9.17, 15) is 9.59 Å². The predicted octanol–water partition coefficient (Wildman–Crippen LogP) is 0.961. The van der Waals surface area contributed by atoms with Gasteiger partial charge >= 0.3 is 6.03 Å². The van der Waals surface area contributed by atoms with E-state index in [0.717, 1.165) is 0 Å². The van der Waals surface area contributed by atoms with Gasteiger partial charge in [-0.3, -0.25) is 4.79 Å². The van der Waals surface area contributed by atoms with Crippen molar-refractivity contribution in [2.75, 3.05) is 6.54 Å². The molecule has 0 unspecified atom stereocenters. The summed E-state index contributed by atoms with van der Waals surface area (Å²) in [6, 6.07) is -0.357. The number of carbonyl (C=O) groups excluding carboxylic acids is 2. The highest BCUT2D eigenvalue weighted by molar-refractivity contribution is 5.78. The zero-order valence-electron chi connectivity index (χ0n) is 12.5. The number of hydrogen-bond acceptors (Lipinski definition) is 5. The summed E-state index contributed by atoms with van der Waals surface area (Å²) >= 11 is 0. The Morgan fingerprint density at radius 1 is 1.52 bits per heavy atom. The second-order valence-electron chi connectivity index (χ2n) is 5.26. The predicted molar refractivity (Wildman–Crippen MR) is 74.2 cm³/mol. The largest absolute Gasteiger partial charge is 0.337 e. The quantitative estimate of drug-likeness (QED) is 0.842. The number of amides is 3. The first kappa shape index (κ1) is 15.3. The Hall–Kier alpha value is -2.12. The van der Waals surface area contributed by atoms with Crippen molar-refractivity contribution < 1.29 is 14.1 Å². The van der Waals surface area contributed by atoms with E-state index in [-0.39, 0.29) is 30.6 Å². The normalized spacial score (nSPS) is 18.4. The summed E-state index contributed by atoms with van der Waals surface area (Å²) in [5, 5.41) is 9.20. The van der Waals surface area contributed by atoms with Gasteiger partial charge in [-0.25, -0.2) is 4.79 Å². The molecule has 1 atom stereocenters. The van der Waals surface area contributed by atoms with Crippen LogP contribution in [0.3, 0.4) is 0 Å². The van der Waals surface area contributed by atoms with Gasteiger partial charge < -0.3 is 20.1 Å². The van der Waals surface area contributed by atoms with E-state index in [0.29, 0.717) is 31.1 Å². The fourth-order valence-electron chi connectivity index (χ4n) is 2.33. The summed E-state index contributed by atoms with van der Waals surface area (Å²) in [5.41, 5.74) is 0. The van der Waals surface area contributed by atoms with Gasteiger partial charge in [0, 0.05) is 19.0 Å². The average molecular weight is 295 g/mol. The second-order valence-corrected chi connectivity index (χ2v) is 5.26. The third-order valence-electron chi connectivity index (χ3n) is 3.26. The Morgan fingerprint density at radius 2 is 2.29 bits per heavy atom. The molecule has 1 saturated heterocycles. The molecule has 0 bridgehead atoms. The van der Waals surface area contributed by atoms with Crippen molar-refractivity contribution in [3.8, 4) is 0 Å². The molecular formula is C13H21N5O3. The standard InChI is InChI=1S/C13H21N5O3/c1-4-18-9(5-6-11(18)19)12-16-10(17-21-12)7-14-13(20)15-8(2)3/h8-9H,4-7H2,1-3H3,(H2,14,15,20)/t9-/m0/s1. The Bertz CT molecular complexity index is 514. The maximum Gasteiger partial charge on any atom is 0.315 e. The molecule has 21 heavy (non-hydrogen) atoms. The Kier molecular flexibility index (Phi) is 4.77. The molecule has 8 nitrogen and oxygen atoms in total. The van der Waals surface area contributed by atoms with Gasteiger partial charge in [0.2, 0.25) is 11.8 Å². The maximum atomic E-state index is 11.7. The summed E-state index contributed by atoms with van der Waals surface area (Å²) in [6.45, 7) is 6.49. The third-order valence-corrected chi connectivity index (χ3v) is 3.26. The van der Waals surface area contributed by atoms with Crippen molar-refractivity contribution in [3.05, 3.63) is 11.7 Å². The van der Waals surface area contributed by atoms with Crippen molar-refractivity contribution in [2.45, 2.75) is 52.2 Å². The van der Waals surface area contributed by atoms with Crippen LogP contribution in [0.4, 0.5) is 4.79 Å². The molecule has 1 aliphatic rings. The van der Waals surface area contributed by atoms with E-state index >= 15 is 0 Å². The van der Waals surface area contributed by atoms with E-state index in [1.807, 2.05) is 20.8 Å². The van der Waals surface area contributed by atoms with Crippen LogP contribution in [0.1, 0.15) is 51.4 Å². The topological polar surface area (TPSA) is 100 Å². The molecule has 8 heteroatoms. The number of nitrogens with zero attached hydrogens (tertiary/aromatic N) is 3. The number of carbonyl (C=O) groups is 2. The van der Waals surface area contributed by atoms with Crippen molar-refractivity contribution in [3.63, 3.8) is 0 Å². The molecular weight excluding hydrogens is 274 g/mol. The molecule has 0 saturated carbocycles. The zero-order valence-corrected chi connectivity index (χ0v) is 12.5. The fourth-order valence-corrected chi connectivity index (χ4v) is 2.33. The van der Waals surface area contributed by atoms with Gasteiger partial charge in [0.05, 0.1) is 6.54 Å². The van der Waals surface area contributed by atoms with Gasteiger partial charge in [0.15, 0.2) is 5.82 Å². The van der Waals surface area contributed by atoms with Gasteiger partial charge in [0.1, 0.15) is 6.04 Å². The molecule has 1 aromatic heterocycles. The molecule has 3 amide bonds. The molecule has 0 aliphatic carbocycles. The van der Waals surface area contributed by atoms with Crippen molar-refractivity contribution in [1.29, 1.82) is 0 Å². The number of rotatable bonds is 5. The Labute approximate surface area is 123 Å². The summed E-state index contributed by atoms with van der Waals surface area (Å²) in [4.78, 5) is 29.1. The summed E-state index contributed by atoms with van der Waals surface area (Å²) in [7, 11) is 0. The van der Waals surface area contributed by atoms with Crippen LogP contribution in [0.25, 0.3) is 0 Å². The van der Waals surface area contributed by atoms with Gasteiger partial charge in [-0.15, -0.1) is 0 Å². The van der Waals surface area contributed by atoms with Crippen LogP contribution >= 0.6 is 0 Å². The molecule has 2 rings (SSSR count). The summed E-state index contributed by atoms with van der Waals surface area (Å²) < 4.78 is 5.22. The molecule has 116 valence electrons. The van der Waals surface area contributed by atoms with Crippen LogP contribution in [-0.2, 0) is 11.3 Å². The van der Waals surface area contributed by atoms with E-state index in [2.05, 4.69) is 20.8 Å². The van der Waals surface area contributed by atoms with Crippen LogP contribution in [0.2, 0.25) is 0 Å². The summed E-state index contributed by atoms with van der Waals surface area (Å²) in [6.07, 6.45) is 1.20. The highest BCUT2D eigenvalue weighted by atomic mass is 16.5. The van der Waals surface area contributed by atoms with Gasteiger partial charge in [-0.05, 0) is 27.2 Å². The molecule has 0 aromatic carbocycles. The van der Waals surface area contributed by atoms with E-state index < -0.39 is 0 Å². The highest BCUT2D eigenvalue weighted by Crippen LogP contribution is 2.31. The highest BCUT2D eigenvalue weighted by Gasteiger charge is 2.34. The van der Waals surface area contributed by atoms with Gasteiger partial charge in [0.25, 0.3) is 0 Å². The fraction of sp³-hybridized carbons (Fsp3) is 0.692. The SMILES string of the molecule is CCN1C(=O)CC[C@H]1c1nc(CNC(=O)NC(C)C)no1. The van der Waals surface area contributed by atoms with Crippen LogP contribution in [0.15, 0.2) is 4.52 Å². The van der Waals surface area contributed by atoms with Gasteiger partial charge in [-0.2, -0.15) is 4.98 Å². The first-order valence-electron chi connectivity index (χ1n) is 7.17. The van der Waals surface area contributed by atoms with E-state index in [1.54, 1.807) is 4.90 Å². The van der Waals surface area contributed by atoms with Crippen LogP contribution in [-0.4, -0.2) is 39.6 Å². The average Bonchev–Trinajstić information content (AvgIpc) is 3.01. The lowest BCUT2D eigenvalue weighted by atomic mass is 10.2. The number of urea groups is 1. The number of hydrogen-bond donors (Lipinski definition) is 2. The Morgan fingerprint density at radius 3 is 2.95 bits per heavy atom. The maximum absolute atomic E-state index is 11.7.